The number of benzene rings is 2. The van der Waals surface area contributed by atoms with Crippen LogP contribution in [0.15, 0.2) is 42.5 Å². The molecule has 1 N–H and O–H groups in total. The Morgan fingerprint density at radius 3 is 2.46 bits per heavy atom. The van der Waals surface area contributed by atoms with Gasteiger partial charge in [-0.15, -0.1) is 0 Å². The first-order chi connectivity index (χ1) is 13.6. The van der Waals surface area contributed by atoms with E-state index in [1.54, 1.807) is 7.11 Å². The van der Waals surface area contributed by atoms with E-state index in [0.717, 1.165) is 31.0 Å². The van der Waals surface area contributed by atoms with E-state index in [0.29, 0.717) is 25.9 Å². The zero-order valence-electron chi connectivity index (χ0n) is 16.7. The van der Waals surface area contributed by atoms with Gasteiger partial charge in [0.2, 0.25) is 0 Å². The van der Waals surface area contributed by atoms with Gasteiger partial charge in [0.05, 0.1) is 7.11 Å². The predicted molar refractivity (Wildman–Crippen MR) is 109 cm³/mol. The summed E-state index contributed by atoms with van der Waals surface area (Å²) in [6.07, 6.45) is 2.22. The SMILES string of the molecule is COc1ccc2c(c1)CCN(C(=O)C1(Oc3ccc(C)cc3)CCNCC1)C2. The molecule has 0 bridgehead atoms. The van der Waals surface area contributed by atoms with Crippen LogP contribution in [0, 0.1) is 6.92 Å². The van der Waals surface area contributed by atoms with Crippen molar-refractivity contribution >= 4 is 5.91 Å². The van der Waals surface area contributed by atoms with E-state index in [1.807, 2.05) is 35.2 Å². The Labute approximate surface area is 166 Å². The van der Waals surface area contributed by atoms with Crippen LogP contribution in [0.25, 0.3) is 0 Å². The third kappa shape index (κ3) is 3.72. The summed E-state index contributed by atoms with van der Waals surface area (Å²) in [6.45, 7) is 4.98. The highest BCUT2D eigenvalue weighted by molar-refractivity contribution is 5.86. The molecule has 5 nitrogen and oxygen atoms in total. The van der Waals surface area contributed by atoms with Crippen molar-refractivity contribution in [2.24, 2.45) is 0 Å². The molecule has 1 fully saturated rings. The van der Waals surface area contributed by atoms with E-state index in [2.05, 4.69) is 24.4 Å². The van der Waals surface area contributed by atoms with Crippen LogP contribution in [0.5, 0.6) is 11.5 Å². The number of hydrogen-bond acceptors (Lipinski definition) is 4. The van der Waals surface area contributed by atoms with Crippen molar-refractivity contribution < 1.29 is 14.3 Å². The van der Waals surface area contributed by atoms with Crippen molar-refractivity contribution in [3.05, 3.63) is 59.2 Å². The van der Waals surface area contributed by atoms with Gasteiger partial charge >= 0.3 is 0 Å². The maximum absolute atomic E-state index is 13.6. The van der Waals surface area contributed by atoms with Gasteiger partial charge in [0, 0.05) is 25.9 Å². The summed E-state index contributed by atoms with van der Waals surface area (Å²) in [6, 6.07) is 14.1. The highest BCUT2D eigenvalue weighted by Crippen LogP contribution is 2.32. The Hall–Kier alpha value is -2.53. The third-order valence-electron chi connectivity index (χ3n) is 5.85. The van der Waals surface area contributed by atoms with E-state index in [9.17, 15) is 4.79 Å². The molecule has 2 aliphatic heterocycles. The second-order valence-electron chi connectivity index (χ2n) is 7.77. The van der Waals surface area contributed by atoms with E-state index >= 15 is 0 Å². The summed E-state index contributed by atoms with van der Waals surface area (Å²) < 4.78 is 11.7. The Morgan fingerprint density at radius 2 is 1.75 bits per heavy atom. The zero-order chi connectivity index (χ0) is 19.6. The van der Waals surface area contributed by atoms with E-state index < -0.39 is 5.60 Å². The number of carbonyl (C=O) groups excluding carboxylic acids is 1. The number of carbonyl (C=O) groups is 1. The first kappa shape index (κ1) is 18.8. The summed E-state index contributed by atoms with van der Waals surface area (Å²) in [5, 5.41) is 3.36. The molecule has 4 rings (SSSR count). The van der Waals surface area contributed by atoms with E-state index in [4.69, 9.17) is 9.47 Å². The zero-order valence-corrected chi connectivity index (χ0v) is 16.7. The van der Waals surface area contributed by atoms with Crippen LogP contribution in [0.4, 0.5) is 0 Å². The van der Waals surface area contributed by atoms with Gasteiger partial charge in [0.15, 0.2) is 5.60 Å². The molecule has 2 aromatic carbocycles. The van der Waals surface area contributed by atoms with Crippen molar-refractivity contribution in [1.82, 2.24) is 10.2 Å². The Bertz CT molecular complexity index is 841. The lowest BCUT2D eigenvalue weighted by atomic mass is 9.88. The van der Waals surface area contributed by atoms with E-state index in [-0.39, 0.29) is 5.91 Å². The Balaban J connectivity index is 1.56. The highest BCUT2D eigenvalue weighted by Gasteiger charge is 2.45. The van der Waals surface area contributed by atoms with Crippen molar-refractivity contribution in [3.63, 3.8) is 0 Å². The van der Waals surface area contributed by atoms with E-state index in [1.165, 1.54) is 16.7 Å². The van der Waals surface area contributed by atoms with Gasteiger partial charge in [-0.3, -0.25) is 4.79 Å². The number of amides is 1. The molecule has 0 saturated carbocycles. The lowest BCUT2D eigenvalue weighted by molar-refractivity contribution is -0.151. The quantitative estimate of drug-likeness (QED) is 0.886. The number of nitrogens with one attached hydrogen (secondary N) is 1. The molecule has 0 spiro atoms. The summed E-state index contributed by atoms with van der Waals surface area (Å²) in [4.78, 5) is 15.6. The van der Waals surface area contributed by atoms with Crippen LogP contribution in [0.2, 0.25) is 0 Å². The molecule has 148 valence electrons. The predicted octanol–water partition coefficient (Wildman–Crippen LogP) is 3.09. The second-order valence-corrected chi connectivity index (χ2v) is 7.77. The molecule has 0 aromatic heterocycles. The van der Waals surface area contributed by atoms with Crippen molar-refractivity contribution in [2.75, 3.05) is 26.7 Å². The van der Waals surface area contributed by atoms with Crippen molar-refractivity contribution in [3.8, 4) is 11.5 Å². The number of rotatable bonds is 4. The number of ether oxygens (including phenoxy) is 2. The highest BCUT2D eigenvalue weighted by atomic mass is 16.5. The second kappa shape index (κ2) is 7.84. The monoisotopic (exact) mass is 380 g/mol. The third-order valence-corrected chi connectivity index (χ3v) is 5.85. The normalized spacial score (nSPS) is 18.3. The van der Waals surface area contributed by atoms with Gasteiger partial charge in [-0.05, 0) is 61.8 Å². The minimum atomic E-state index is -0.787. The molecule has 1 saturated heterocycles. The molecule has 2 heterocycles. The number of piperidine rings is 1. The molecule has 2 aliphatic rings. The minimum Gasteiger partial charge on any atom is -0.497 e. The molecule has 0 aliphatic carbocycles. The average molecular weight is 380 g/mol. The lowest BCUT2D eigenvalue weighted by Crippen LogP contribution is -2.58. The maximum Gasteiger partial charge on any atom is 0.267 e. The van der Waals surface area contributed by atoms with Gasteiger partial charge in [-0.25, -0.2) is 0 Å². The molecule has 5 heteroatoms. The molecular weight excluding hydrogens is 352 g/mol. The van der Waals surface area contributed by atoms with Gasteiger partial charge in [-0.1, -0.05) is 23.8 Å². The van der Waals surface area contributed by atoms with Gasteiger partial charge in [-0.2, -0.15) is 0 Å². The minimum absolute atomic E-state index is 0.107. The molecule has 28 heavy (non-hydrogen) atoms. The van der Waals surface area contributed by atoms with Crippen LogP contribution in [0.1, 0.15) is 29.5 Å². The fourth-order valence-corrected chi connectivity index (χ4v) is 4.14. The Kier molecular flexibility index (Phi) is 5.27. The van der Waals surface area contributed by atoms with Crippen LogP contribution >= 0.6 is 0 Å². The fourth-order valence-electron chi connectivity index (χ4n) is 4.14. The smallest absolute Gasteiger partial charge is 0.267 e. The summed E-state index contributed by atoms with van der Waals surface area (Å²) in [5.74, 6) is 1.75. The first-order valence-corrected chi connectivity index (χ1v) is 10.0. The average Bonchev–Trinajstić information content (AvgIpc) is 2.74. The molecule has 2 aromatic rings. The standard InChI is InChI=1S/C23H28N2O3/c1-17-3-6-20(7-4-17)28-23(10-12-24-13-11-23)22(26)25-14-9-18-15-21(27-2)8-5-19(18)16-25/h3-8,15,24H,9-14,16H2,1-2H3. The molecular formula is C23H28N2O3. The van der Waals surface area contributed by atoms with Crippen LogP contribution in [-0.2, 0) is 17.8 Å². The fraction of sp³-hybridized carbons (Fsp3) is 0.435. The molecule has 0 unspecified atom stereocenters. The number of nitrogens with zero attached hydrogens (tertiary/aromatic N) is 1. The molecule has 0 atom stereocenters. The summed E-state index contributed by atoms with van der Waals surface area (Å²) >= 11 is 0. The van der Waals surface area contributed by atoms with Crippen LogP contribution < -0.4 is 14.8 Å². The number of methoxy groups -OCH3 is 1. The molecule has 1 amide bonds. The first-order valence-electron chi connectivity index (χ1n) is 10.0. The van der Waals surface area contributed by atoms with Crippen molar-refractivity contribution in [2.45, 2.75) is 38.3 Å². The lowest BCUT2D eigenvalue weighted by Gasteiger charge is -2.41. The Morgan fingerprint density at radius 1 is 1.04 bits per heavy atom. The van der Waals surface area contributed by atoms with Crippen LogP contribution in [-0.4, -0.2) is 43.2 Å². The van der Waals surface area contributed by atoms with Gasteiger partial charge < -0.3 is 19.7 Å². The summed E-state index contributed by atoms with van der Waals surface area (Å²) in [7, 11) is 1.68. The van der Waals surface area contributed by atoms with Crippen LogP contribution in [0.3, 0.4) is 0 Å². The van der Waals surface area contributed by atoms with Gasteiger partial charge in [0.25, 0.3) is 5.91 Å². The number of hydrogen-bond donors (Lipinski definition) is 1. The number of fused-ring (bicyclic) bond motifs is 1. The maximum atomic E-state index is 13.6. The topological polar surface area (TPSA) is 50.8 Å². The number of aryl methyl sites for hydroxylation is 1. The largest absolute Gasteiger partial charge is 0.497 e. The van der Waals surface area contributed by atoms with Gasteiger partial charge in [0.1, 0.15) is 11.5 Å². The van der Waals surface area contributed by atoms with Crippen molar-refractivity contribution in [1.29, 1.82) is 0 Å². The molecule has 0 radical (unpaired) electrons. The summed E-state index contributed by atoms with van der Waals surface area (Å²) in [5.41, 5.74) is 2.85.